The van der Waals surface area contributed by atoms with Crippen molar-refractivity contribution in [3.8, 4) is 11.1 Å². The molecule has 1 aliphatic rings. The van der Waals surface area contributed by atoms with Gasteiger partial charge in [-0.3, -0.25) is 9.78 Å². The minimum absolute atomic E-state index is 0.0540. The van der Waals surface area contributed by atoms with Crippen molar-refractivity contribution < 1.29 is 4.79 Å². The standard InChI is InChI=1S/C21H26N2OS2/c1-14(2)12-23-20(24)13-25-21(23)19-11-22-10-9-18(19)16-5-7-17(8-6-16)26-15(3)4/h5-11,14-15,21H,12-13H2,1-4H3. The van der Waals surface area contributed by atoms with Crippen LogP contribution in [0, 0.1) is 5.92 Å². The number of carbonyl (C=O) groups excluding carboxylic acids is 1. The van der Waals surface area contributed by atoms with Crippen molar-refractivity contribution in [1.82, 2.24) is 9.88 Å². The first-order valence-electron chi connectivity index (χ1n) is 9.07. The Morgan fingerprint density at radius 3 is 2.58 bits per heavy atom. The molecule has 1 aliphatic heterocycles. The molecule has 1 amide bonds. The number of benzene rings is 1. The normalized spacial score (nSPS) is 17.5. The van der Waals surface area contributed by atoms with Crippen LogP contribution in [0.3, 0.4) is 0 Å². The summed E-state index contributed by atoms with van der Waals surface area (Å²) in [7, 11) is 0. The summed E-state index contributed by atoms with van der Waals surface area (Å²) < 4.78 is 0. The van der Waals surface area contributed by atoms with Crippen molar-refractivity contribution in [2.75, 3.05) is 12.3 Å². The molecule has 0 spiro atoms. The summed E-state index contributed by atoms with van der Waals surface area (Å²) in [5, 5.41) is 0.626. The van der Waals surface area contributed by atoms with Crippen molar-refractivity contribution >= 4 is 29.4 Å². The minimum Gasteiger partial charge on any atom is -0.325 e. The van der Waals surface area contributed by atoms with Crippen LogP contribution in [0.25, 0.3) is 11.1 Å². The van der Waals surface area contributed by atoms with Gasteiger partial charge in [0.2, 0.25) is 5.91 Å². The highest BCUT2D eigenvalue weighted by Crippen LogP contribution is 2.42. The number of nitrogens with zero attached hydrogens (tertiary/aromatic N) is 2. The Hall–Kier alpha value is -1.46. The van der Waals surface area contributed by atoms with E-state index in [1.807, 2.05) is 29.1 Å². The van der Waals surface area contributed by atoms with Gasteiger partial charge >= 0.3 is 0 Å². The van der Waals surface area contributed by atoms with Crippen molar-refractivity contribution in [3.05, 3.63) is 48.3 Å². The van der Waals surface area contributed by atoms with E-state index in [9.17, 15) is 4.79 Å². The molecule has 0 N–H and O–H groups in total. The molecule has 2 heterocycles. The lowest BCUT2D eigenvalue weighted by Gasteiger charge is -2.27. The third kappa shape index (κ3) is 4.44. The molecule has 3 nitrogen and oxygen atoms in total. The molecule has 3 rings (SSSR count). The van der Waals surface area contributed by atoms with Crippen molar-refractivity contribution in [2.45, 2.75) is 43.2 Å². The summed E-state index contributed by atoms with van der Waals surface area (Å²) >= 11 is 3.58. The average molecular weight is 387 g/mol. The van der Waals surface area contributed by atoms with Crippen LogP contribution in [0.4, 0.5) is 0 Å². The molecule has 1 unspecified atom stereocenters. The SMILES string of the molecule is CC(C)CN1C(=O)CSC1c1cnccc1-c1ccc(SC(C)C)cc1. The molecule has 0 saturated carbocycles. The number of thioether (sulfide) groups is 2. The zero-order valence-corrected chi connectivity index (χ0v) is 17.4. The van der Waals surface area contributed by atoms with Crippen molar-refractivity contribution in [1.29, 1.82) is 0 Å². The van der Waals surface area contributed by atoms with Gasteiger partial charge in [-0.25, -0.2) is 0 Å². The second kappa shape index (κ2) is 8.49. The van der Waals surface area contributed by atoms with Crippen LogP contribution < -0.4 is 0 Å². The van der Waals surface area contributed by atoms with E-state index in [-0.39, 0.29) is 11.3 Å². The molecule has 0 bridgehead atoms. The molecule has 1 aromatic heterocycles. The van der Waals surface area contributed by atoms with E-state index in [1.165, 1.54) is 16.0 Å². The van der Waals surface area contributed by atoms with Crippen LogP contribution in [0.2, 0.25) is 0 Å². The maximum atomic E-state index is 12.4. The fraction of sp³-hybridized carbons (Fsp3) is 0.429. The molecular weight excluding hydrogens is 360 g/mol. The topological polar surface area (TPSA) is 33.2 Å². The van der Waals surface area contributed by atoms with Crippen LogP contribution in [-0.2, 0) is 4.79 Å². The predicted molar refractivity (Wildman–Crippen MR) is 112 cm³/mol. The van der Waals surface area contributed by atoms with Crippen LogP contribution in [0.15, 0.2) is 47.6 Å². The van der Waals surface area contributed by atoms with Gasteiger partial charge in [0.15, 0.2) is 0 Å². The van der Waals surface area contributed by atoms with Crippen LogP contribution >= 0.6 is 23.5 Å². The van der Waals surface area contributed by atoms with Gasteiger partial charge in [-0.1, -0.05) is 39.8 Å². The van der Waals surface area contributed by atoms with Crippen molar-refractivity contribution in [2.24, 2.45) is 5.92 Å². The van der Waals surface area contributed by atoms with Gasteiger partial charge in [-0.05, 0) is 35.2 Å². The molecule has 2 aromatic rings. The largest absolute Gasteiger partial charge is 0.325 e. The Balaban J connectivity index is 1.92. The Bertz CT molecular complexity index is 759. The van der Waals surface area contributed by atoms with Gasteiger partial charge in [0.1, 0.15) is 5.37 Å². The Kier molecular flexibility index (Phi) is 6.30. The lowest BCUT2D eigenvalue weighted by molar-refractivity contribution is -0.128. The lowest BCUT2D eigenvalue weighted by atomic mass is 10.0. The molecule has 1 fully saturated rings. The Morgan fingerprint density at radius 2 is 1.92 bits per heavy atom. The van der Waals surface area contributed by atoms with Gasteiger partial charge in [-0.2, -0.15) is 0 Å². The number of hydrogen-bond donors (Lipinski definition) is 0. The second-order valence-electron chi connectivity index (χ2n) is 7.26. The van der Waals surface area contributed by atoms with Crippen molar-refractivity contribution in [3.63, 3.8) is 0 Å². The highest BCUT2D eigenvalue weighted by atomic mass is 32.2. The zero-order chi connectivity index (χ0) is 18.7. The first kappa shape index (κ1) is 19.3. The van der Waals surface area contributed by atoms with E-state index in [0.29, 0.717) is 16.9 Å². The van der Waals surface area contributed by atoms with Gasteiger partial charge in [-0.15, -0.1) is 23.5 Å². The number of hydrogen-bond acceptors (Lipinski definition) is 4. The summed E-state index contributed by atoms with van der Waals surface area (Å²) in [5.41, 5.74) is 3.48. The summed E-state index contributed by atoms with van der Waals surface area (Å²) in [6, 6.07) is 10.8. The van der Waals surface area contributed by atoms with Gasteiger partial charge in [0, 0.05) is 34.6 Å². The minimum atomic E-state index is 0.0540. The molecule has 138 valence electrons. The molecule has 26 heavy (non-hydrogen) atoms. The molecule has 1 atom stereocenters. The fourth-order valence-electron chi connectivity index (χ4n) is 3.15. The maximum absolute atomic E-state index is 12.4. The van der Waals surface area contributed by atoms with E-state index in [1.54, 1.807) is 11.8 Å². The fourth-order valence-corrected chi connectivity index (χ4v) is 5.21. The van der Waals surface area contributed by atoms with Gasteiger partial charge < -0.3 is 4.90 Å². The summed E-state index contributed by atoms with van der Waals surface area (Å²) in [6.07, 6.45) is 3.76. The third-order valence-corrected chi connectivity index (χ3v) is 6.44. The van der Waals surface area contributed by atoms with E-state index < -0.39 is 0 Å². The number of rotatable bonds is 6. The monoisotopic (exact) mass is 386 g/mol. The molecule has 0 aliphatic carbocycles. The van der Waals surface area contributed by atoms with E-state index in [2.05, 4.69) is 63.0 Å². The summed E-state index contributed by atoms with van der Waals surface area (Å²) in [4.78, 5) is 20.0. The molecular formula is C21H26N2OS2. The number of aromatic nitrogens is 1. The molecule has 1 aromatic carbocycles. The average Bonchev–Trinajstić information content (AvgIpc) is 2.95. The highest BCUT2D eigenvalue weighted by molar-refractivity contribution is 8.00. The first-order chi connectivity index (χ1) is 12.5. The smallest absolute Gasteiger partial charge is 0.233 e. The quantitative estimate of drug-likeness (QED) is 0.616. The lowest BCUT2D eigenvalue weighted by Crippen LogP contribution is -2.31. The van der Waals surface area contributed by atoms with E-state index in [4.69, 9.17) is 0 Å². The number of amides is 1. The van der Waals surface area contributed by atoms with E-state index in [0.717, 1.165) is 12.1 Å². The molecule has 1 saturated heterocycles. The first-order valence-corrected chi connectivity index (χ1v) is 11.0. The van der Waals surface area contributed by atoms with Gasteiger partial charge in [0.05, 0.1) is 5.75 Å². The highest BCUT2D eigenvalue weighted by Gasteiger charge is 2.34. The summed E-state index contributed by atoms with van der Waals surface area (Å²) in [6.45, 7) is 9.51. The Labute approximate surface area is 165 Å². The van der Waals surface area contributed by atoms with Crippen LogP contribution in [0.1, 0.15) is 38.6 Å². The summed E-state index contributed by atoms with van der Waals surface area (Å²) in [5.74, 6) is 1.23. The number of pyridine rings is 1. The second-order valence-corrected chi connectivity index (χ2v) is 9.98. The Morgan fingerprint density at radius 1 is 1.19 bits per heavy atom. The molecule has 5 heteroatoms. The van der Waals surface area contributed by atoms with E-state index >= 15 is 0 Å². The molecule has 0 radical (unpaired) electrons. The van der Waals surface area contributed by atoms with Gasteiger partial charge in [0.25, 0.3) is 0 Å². The maximum Gasteiger partial charge on any atom is 0.233 e. The number of carbonyl (C=O) groups is 1. The predicted octanol–water partition coefficient (Wildman–Crippen LogP) is 5.48. The zero-order valence-electron chi connectivity index (χ0n) is 15.8. The third-order valence-electron chi connectivity index (χ3n) is 4.18. The van der Waals surface area contributed by atoms with Crippen LogP contribution in [-0.4, -0.2) is 33.3 Å². The van der Waals surface area contributed by atoms with Crippen LogP contribution in [0.5, 0.6) is 0 Å².